The van der Waals surface area contributed by atoms with Gasteiger partial charge in [-0.3, -0.25) is 4.79 Å². The molecule has 29 heavy (non-hydrogen) atoms. The van der Waals surface area contributed by atoms with Crippen molar-refractivity contribution in [2.75, 3.05) is 13.1 Å². The van der Waals surface area contributed by atoms with E-state index in [9.17, 15) is 9.18 Å². The van der Waals surface area contributed by atoms with Crippen molar-refractivity contribution in [1.82, 2.24) is 10.1 Å². The summed E-state index contributed by atoms with van der Waals surface area (Å²) < 4.78 is 25.0. The summed E-state index contributed by atoms with van der Waals surface area (Å²) >= 11 is 0. The lowest BCUT2D eigenvalue weighted by Gasteiger charge is -2.15. The van der Waals surface area contributed by atoms with Gasteiger partial charge in [0.2, 0.25) is 0 Å². The molecule has 6 heteroatoms. The van der Waals surface area contributed by atoms with Crippen LogP contribution in [-0.2, 0) is 6.61 Å². The topological polar surface area (TPSA) is 55.6 Å². The summed E-state index contributed by atoms with van der Waals surface area (Å²) in [6.45, 7) is 5.31. The molecule has 150 valence electrons. The highest BCUT2D eigenvalue weighted by molar-refractivity contribution is 5.92. The van der Waals surface area contributed by atoms with Gasteiger partial charge in [-0.25, -0.2) is 4.39 Å². The summed E-state index contributed by atoms with van der Waals surface area (Å²) in [6.07, 6.45) is 0.729. The van der Waals surface area contributed by atoms with E-state index in [2.05, 4.69) is 5.16 Å². The Morgan fingerprint density at radius 1 is 1.21 bits per heavy atom. The average molecular weight is 394 g/mol. The van der Waals surface area contributed by atoms with Gasteiger partial charge in [0, 0.05) is 25.1 Å². The van der Waals surface area contributed by atoms with Crippen molar-refractivity contribution >= 4 is 5.91 Å². The molecule has 0 bridgehead atoms. The number of amides is 1. The van der Waals surface area contributed by atoms with E-state index in [0.717, 1.165) is 17.7 Å². The summed E-state index contributed by atoms with van der Waals surface area (Å²) in [4.78, 5) is 14.4. The van der Waals surface area contributed by atoms with Crippen LogP contribution < -0.4 is 4.74 Å². The Hall–Kier alpha value is -3.15. The van der Waals surface area contributed by atoms with E-state index in [1.54, 1.807) is 23.1 Å². The smallest absolute Gasteiger partial charge is 0.276 e. The SMILES string of the molecule is Cc1ccc(OCc2cc(C(=O)N3CC[C@H](c4ccccc4F)C3)no2)cc1C. The summed E-state index contributed by atoms with van der Waals surface area (Å²) in [5.41, 5.74) is 3.25. The lowest BCUT2D eigenvalue weighted by molar-refractivity contribution is 0.0780. The van der Waals surface area contributed by atoms with E-state index >= 15 is 0 Å². The number of nitrogens with zero attached hydrogens (tertiary/aromatic N) is 2. The number of aryl methyl sites for hydroxylation is 2. The first-order valence-electron chi connectivity index (χ1n) is 9.70. The van der Waals surface area contributed by atoms with Gasteiger partial charge in [-0.15, -0.1) is 0 Å². The predicted molar refractivity (Wildman–Crippen MR) is 106 cm³/mol. The molecule has 1 aliphatic rings. The number of halogens is 1. The molecule has 1 aliphatic heterocycles. The molecule has 1 aromatic heterocycles. The Labute approximate surface area is 169 Å². The van der Waals surface area contributed by atoms with Crippen LogP contribution in [0.4, 0.5) is 4.39 Å². The summed E-state index contributed by atoms with van der Waals surface area (Å²) in [5.74, 6) is 0.796. The molecule has 0 spiro atoms. The lowest BCUT2D eigenvalue weighted by Crippen LogP contribution is -2.28. The predicted octanol–water partition coefficient (Wildman–Crippen LogP) is 4.64. The zero-order chi connectivity index (χ0) is 20.4. The molecule has 3 aromatic rings. The van der Waals surface area contributed by atoms with Crippen molar-refractivity contribution in [3.8, 4) is 5.75 Å². The first-order valence-corrected chi connectivity index (χ1v) is 9.70. The molecule has 0 saturated carbocycles. The first-order chi connectivity index (χ1) is 14.0. The van der Waals surface area contributed by atoms with Gasteiger partial charge in [0.05, 0.1) is 0 Å². The zero-order valence-electron chi connectivity index (χ0n) is 16.5. The average Bonchev–Trinajstić information content (AvgIpc) is 3.39. The molecular weight excluding hydrogens is 371 g/mol. The van der Waals surface area contributed by atoms with Crippen LogP contribution in [0.25, 0.3) is 0 Å². The maximum Gasteiger partial charge on any atom is 0.276 e. The number of carbonyl (C=O) groups excluding carboxylic acids is 1. The number of likely N-dealkylation sites (tertiary alicyclic amines) is 1. The fourth-order valence-corrected chi connectivity index (χ4v) is 3.61. The van der Waals surface area contributed by atoms with Gasteiger partial charge >= 0.3 is 0 Å². The Bertz CT molecular complexity index is 1030. The molecule has 0 unspecified atom stereocenters. The number of benzene rings is 2. The van der Waals surface area contributed by atoms with Crippen molar-refractivity contribution in [1.29, 1.82) is 0 Å². The molecule has 0 aliphatic carbocycles. The number of carbonyl (C=O) groups is 1. The van der Waals surface area contributed by atoms with Crippen molar-refractivity contribution in [2.45, 2.75) is 32.8 Å². The molecule has 1 saturated heterocycles. The van der Waals surface area contributed by atoms with Gasteiger partial charge in [-0.2, -0.15) is 0 Å². The fraction of sp³-hybridized carbons (Fsp3) is 0.304. The highest BCUT2D eigenvalue weighted by atomic mass is 19.1. The van der Waals surface area contributed by atoms with Crippen LogP contribution in [0.1, 0.15) is 45.3 Å². The molecule has 2 aromatic carbocycles. The van der Waals surface area contributed by atoms with Gasteiger partial charge in [-0.1, -0.05) is 29.4 Å². The summed E-state index contributed by atoms with van der Waals surface area (Å²) in [5, 5.41) is 3.90. The van der Waals surface area contributed by atoms with E-state index in [1.165, 1.54) is 11.6 Å². The van der Waals surface area contributed by atoms with Crippen molar-refractivity contribution in [3.63, 3.8) is 0 Å². The number of hydrogen-bond acceptors (Lipinski definition) is 4. The molecule has 0 N–H and O–H groups in total. The molecule has 0 radical (unpaired) electrons. The Morgan fingerprint density at radius 2 is 2.03 bits per heavy atom. The largest absolute Gasteiger partial charge is 0.486 e. The maximum absolute atomic E-state index is 14.0. The van der Waals surface area contributed by atoms with Gasteiger partial charge in [0.15, 0.2) is 11.5 Å². The van der Waals surface area contributed by atoms with Gasteiger partial charge in [0.25, 0.3) is 5.91 Å². The summed E-state index contributed by atoms with van der Waals surface area (Å²) in [6, 6.07) is 14.2. The summed E-state index contributed by atoms with van der Waals surface area (Å²) in [7, 11) is 0. The highest BCUT2D eigenvalue weighted by Gasteiger charge is 2.30. The molecule has 4 rings (SSSR count). The molecule has 1 fully saturated rings. The van der Waals surface area contributed by atoms with Crippen LogP contribution in [0.2, 0.25) is 0 Å². The second-order valence-corrected chi connectivity index (χ2v) is 7.47. The van der Waals surface area contributed by atoms with Crippen LogP contribution in [0.3, 0.4) is 0 Å². The van der Waals surface area contributed by atoms with Crippen molar-refractivity contribution in [3.05, 3.63) is 82.5 Å². The fourth-order valence-electron chi connectivity index (χ4n) is 3.61. The van der Waals surface area contributed by atoms with Crippen molar-refractivity contribution in [2.24, 2.45) is 0 Å². The van der Waals surface area contributed by atoms with E-state index in [1.807, 2.05) is 38.1 Å². The highest BCUT2D eigenvalue weighted by Crippen LogP contribution is 2.29. The lowest BCUT2D eigenvalue weighted by atomic mass is 9.98. The number of rotatable bonds is 5. The number of hydrogen-bond donors (Lipinski definition) is 0. The van der Waals surface area contributed by atoms with E-state index in [4.69, 9.17) is 9.26 Å². The third-order valence-electron chi connectivity index (χ3n) is 5.46. The standard InChI is InChI=1S/C23H23FN2O3/c1-15-7-8-18(11-16(15)2)28-14-19-12-22(25-29-19)23(27)26-10-9-17(13-26)20-5-3-4-6-21(20)24/h3-8,11-12,17H,9-10,13-14H2,1-2H3/t17-/m0/s1. The minimum absolute atomic E-state index is 0.000341. The first kappa shape index (κ1) is 19.2. The minimum atomic E-state index is -0.223. The molecule has 2 heterocycles. The van der Waals surface area contributed by atoms with Crippen LogP contribution in [0, 0.1) is 19.7 Å². The van der Waals surface area contributed by atoms with Crippen LogP contribution in [-0.4, -0.2) is 29.1 Å². The third kappa shape index (κ3) is 4.16. The van der Waals surface area contributed by atoms with E-state index in [0.29, 0.717) is 24.4 Å². The molecule has 5 nitrogen and oxygen atoms in total. The van der Waals surface area contributed by atoms with Crippen LogP contribution >= 0.6 is 0 Å². The Morgan fingerprint density at radius 3 is 2.83 bits per heavy atom. The monoisotopic (exact) mass is 394 g/mol. The van der Waals surface area contributed by atoms with Gasteiger partial charge in [-0.05, 0) is 55.2 Å². The molecular formula is C23H23FN2O3. The normalized spacial score (nSPS) is 16.2. The Kier molecular flexibility index (Phi) is 5.34. The Balaban J connectivity index is 1.37. The minimum Gasteiger partial charge on any atom is -0.486 e. The quantitative estimate of drug-likeness (QED) is 0.633. The second-order valence-electron chi connectivity index (χ2n) is 7.47. The third-order valence-corrected chi connectivity index (χ3v) is 5.46. The second kappa shape index (κ2) is 8.07. The van der Waals surface area contributed by atoms with Crippen molar-refractivity contribution < 1.29 is 18.4 Å². The van der Waals surface area contributed by atoms with Gasteiger partial charge in [0.1, 0.15) is 18.2 Å². The number of aromatic nitrogens is 1. The molecule has 1 atom stereocenters. The van der Waals surface area contributed by atoms with Crippen LogP contribution in [0.5, 0.6) is 5.75 Å². The van der Waals surface area contributed by atoms with Gasteiger partial charge < -0.3 is 14.2 Å². The molecule has 1 amide bonds. The number of ether oxygens (including phenoxy) is 1. The van der Waals surface area contributed by atoms with E-state index < -0.39 is 0 Å². The maximum atomic E-state index is 14.0. The van der Waals surface area contributed by atoms with Crippen LogP contribution in [0.15, 0.2) is 53.1 Å². The van der Waals surface area contributed by atoms with E-state index in [-0.39, 0.29) is 29.9 Å². The zero-order valence-corrected chi connectivity index (χ0v) is 16.5.